The number of hydrogen-bond donors (Lipinski definition) is 3. The zero-order valence-electron chi connectivity index (χ0n) is 14.4. The van der Waals surface area contributed by atoms with Crippen LogP contribution in [0.1, 0.15) is 39.7 Å². The van der Waals surface area contributed by atoms with Crippen LogP contribution >= 0.6 is 0 Å². The fourth-order valence-corrected chi connectivity index (χ4v) is 2.87. The topological polar surface area (TPSA) is 101 Å². The quantitative estimate of drug-likeness (QED) is 0.680. The number of nitrogens with one attached hydrogen (secondary N) is 3. The Morgan fingerprint density at radius 1 is 1.27 bits per heavy atom. The lowest BCUT2D eigenvalue weighted by atomic mass is 10.1. The Bertz CT molecular complexity index is 794. The van der Waals surface area contributed by atoms with Crippen LogP contribution in [0.5, 0.6) is 0 Å². The van der Waals surface area contributed by atoms with E-state index >= 15 is 0 Å². The molecule has 0 unspecified atom stereocenters. The normalized spacial score (nSPS) is 14.6. The summed E-state index contributed by atoms with van der Waals surface area (Å²) in [6.45, 7) is 5.78. The van der Waals surface area contributed by atoms with E-state index in [-0.39, 0.29) is 17.6 Å². The summed E-state index contributed by atoms with van der Waals surface area (Å²) in [5.41, 5.74) is 1.04. The molecular formula is C18H22N6O2. The van der Waals surface area contributed by atoms with Gasteiger partial charge in [-0.15, -0.1) is 11.7 Å². The standard InChI is InChI=1S/C18H22N6O2/c1-2-9-20-17(25)14-5-3-4-6-15(14)21-18(26)16-12-24(23-22-16)13-7-10-19-11-8-13/h2-6,12-13,19H,1,7-11H2,(H,20,25)(H,21,26). The lowest BCUT2D eigenvalue weighted by molar-refractivity contribution is 0.0959. The maximum Gasteiger partial charge on any atom is 0.277 e. The molecule has 136 valence electrons. The first-order valence-corrected chi connectivity index (χ1v) is 8.61. The molecule has 1 fully saturated rings. The molecule has 26 heavy (non-hydrogen) atoms. The molecule has 1 aliphatic heterocycles. The van der Waals surface area contributed by atoms with Gasteiger partial charge in [0, 0.05) is 6.54 Å². The van der Waals surface area contributed by atoms with Crippen molar-refractivity contribution in [3.8, 4) is 0 Å². The third-order valence-corrected chi connectivity index (χ3v) is 4.25. The number of hydrogen-bond acceptors (Lipinski definition) is 5. The van der Waals surface area contributed by atoms with Crippen LogP contribution in [-0.2, 0) is 0 Å². The second kappa shape index (κ2) is 8.39. The lowest BCUT2D eigenvalue weighted by Crippen LogP contribution is -2.29. The Morgan fingerprint density at radius 2 is 2.04 bits per heavy atom. The first kappa shape index (κ1) is 17.8. The molecule has 8 heteroatoms. The van der Waals surface area contributed by atoms with Crippen LogP contribution in [-0.4, -0.2) is 46.4 Å². The molecule has 1 saturated heterocycles. The fourth-order valence-electron chi connectivity index (χ4n) is 2.87. The van der Waals surface area contributed by atoms with Crippen molar-refractivity contribution in [2.45, 2.75) is 18.9 Å². The van der Waals surface area contributed by atoms with E-state index in [1.807, 2.05) is 0 Å². The fraction of sp³-hybridized carbons (Fsp3) is 0.333. The Balaban J connectivity index is 1.71. The molecule has 2 amide bonds. The van der Waals surface area contributed by atoms with Crippen LogP contribution in [0.4, 0.5) is 5.69 Å². The number of carbonyl (C=O) groups is 2. The monoisotopic (exact) mass is 354 g/mol. The summed E-state index contributed by atoms with van der Waals surface area (Å²) < 4.78 is 1.75. The summed E-state index contributed by atoms with van der Waals surface area (Å²) in [4.78, 5) is 24.7. The summed E-state index contributed by atoms with van der Waals surface area (Å²) in [5, 5.41) is 16.8. The minimum Gasteiger partial charge on any atom is -0.349 e. The van der Waals surface area contributed by atoms with Gasteiger partial charge in [0.25, 0.3) is 11.8 Å². The second-order valence-corrected chi connectivity index (χ2v) is 6.06. The molecule has 1 aromatic carbocycles. The highest BCUT2D eigenvalue weighted by molar-refractivity contribution is 6.08. The molecule has 1 aliphatic rings. The van der Waals surface area contributed by atoms with Crippen molar-refractivity contribution in [3.05, 3.63) is 54.4 Å². The van der Waals surface area contributed by atoms with Gasteiger partial charge in [0.2, 0.25) is 0 Å². The first-order valence-electron chi connectivity index (χ1n) is 8.61. The van der Waals surface area contributed by atoms with Gasteiger partial charge < -0.3 is 16.0 Å². The van der Waals surface area contributed by atoms with Gasteiger partial charge in [-0.3, -0.25) is 9.59 Å². The molecule has 8 nitrogen and oxygen atoms in total. The number of nitrogens with zero attached hydrogens (tertiary/aromatic N) is 3. The third kappa shape index (κ3) is 4.15. The highest BCUT2D eigenvalue weighted by Crippen LogP contribution is 2.19. The van der Waals surface area contributed by atoms with Crippen molar-refractivity contribution in [2.75, 3.05) is 25.0 Å². The molecule has 2 aromatic rings. The van der Waals surface area contributed by atoms with Crippen molar-refractivity contribution in [2.24, 2.45) is 0 Å². The largest absolute Gasteiger partial charge is 0.349 e. The first-order chi connectivity index (χ1) is 12.7. The van der Waals surface area contributed by atoms with Gasteiger partial charge in [0.05, 0.1) is 23.5 Å². The average molecular weight is 354 g/mol. The van der Waals surface area contributed by atoms with Crippen LogP contribution in [0.15, 0.2) is 43.1 Å². The number of piperidine rings is 1. The minimum absolute atomic E-state index is 0.227. The highest BCUT2D eigenvalue weighted by atomic mass is 16.2. The van der Waals surface area contributed by atoms with E-state index in [1.54, 1.807) is 41.2 Å². The summed E-state index contributed by atoms with van der Waals surface area (Å²) in [5.74, 6) is -0.673. The van der Waals surface area contributed by atoms with Crippen molar-refractivity contribution in [3.63, 3.8) is 0 Å². The molecule has 0 spiro atoms. The number of para-hydroxylation sites is 1. The van der Waals surface area contributed by atoms with Crippen molar-refractivity contribution in [1.29, 1.82) is 0 Å². The predicted molar refractivity (Wildman–Crippen MR) is 98.1 cm³/mol. The van der Waals surface area contributed by atoms with Crippen LogP contribution < -0.4 is 16.0 Å². The van der Waals surface area contributed by atoms with E-state index in [9.17, 15) is 9.59 Å². The smallest absolute Gasteiger partial charge is 0.277 e. The number of aromatic nitrogens is 3. The Morgan fingerprint density at radius 3 is 2.81 bits per heavy atom. The van der Waals surface area contributed by atoms with Gasteiger partial charge in [-0.25, -0.2) is 4.68 Å². The summed E-state index contributed by atoms with van der Waals surface area (Å²) in [6, 6.07) is 7.08. The van der Waals surface area contributed by atoms with E-state index in [0.29, 0.717) is 17.8 Å². The van der Waals surface area contributed by atoms with E-state index in [0.717, 1.165) is 25.9 Å². The molecule has 3 N–H and O–H groups in total. The summed E-state index contributed by atoms with van der Waals surface area (Å²) in [6.07, 6.45) is 5.16. The Labute approximate surface area is 151 Å². The van der Waals surface area contributed by atoms with Gasteiger partial charge in [0.1, 0.15) is 0 Å². The Kier molecular flexibility index (Phi) is 5.75. The van der Waals surface area contributed by atoms with E-state index < -0.39 is 5.91 Å². The van der Waals surface area contributed by atoms with Crippen molar-refractivity contribution >= 4 is 17.5 Å². The average Bonchev–Trinajstić information content (AvgIpc) is 3.17. The minimum atomic E-state index is -0.394. The number of carbonyl (C=O) groups excluding carboxylic acids is 2. The molecule has 1 aromatic heterocycles. The summed E-state index contributed by atoms with van der Waals surface area (Å²) >= 11 is 0. The van der Waals surface area contributed by atoms with Gasteiger partial charge in [0.15, 0.2) is 5.69 Å². The molecule has 0 radical (unpaired) electrons. The summed E-state index contributed by atoms with van der Waals surface area (Å²) in [7, 11) is 0. The Hall–Kier alpha value is -3.00. The molecule has 3 rings (SSSR count). The lowest BCUT2D eigenvalue weighted by Gasteiger charge is -2.22. The third-order valence-electron chi connectivity index (χ3n) is 4.25. The van der Waals surface area contributed by atoms with Gasteiger partial charge >= 0.3 is 0 Å². The maximum atomic E-state index is 12.5. The van der Waals surface area contributed by atoms with Crippen molar-refractivity contribution < 1.29 is 9.59 Å². The van der Waals surface area contributed by atoms with Crippen LogP contribution in [0.25, 0.3) is 0 Å². The highest BCUT2D eigenvalue weighted by Gasteiger charge is 2.20. The number of anilines is 1. The maximum absolute atomic E-state index is 12.5. The van der Waals surface area contributed by atoms with Crippen LogP contribution in [0.3, 0.4) is 0 Å². The number of amides is 2. The molecule has 0 bridgehead atoms. The molecule has 2 heterocycles. The predicted octanol–water partition coefficient (Wildman–Crippen LogP) is 1.37. The van der Waals surface area contributed by atoms with E-state index in [1.165, 1.54) is 0 Å². The molecule has 0 aliphatic carbocycles. The van der Waals surface area contributed by atoms with Gasteiger partial charge in [-0.05, 0) is 38.1 Å². The number of rotatable bonds is 6. The zero-order valence-corrected chi connectivity index (χ0v) is 14.4. The van der Waals surface area contributed by atoms with Crippen molar-refractivity contribution in [1.82, 2.24) is 25.6 Å². The van der Waals surface area contributed by atoms with E-state index in [4.69, 9.17) is 0 Å². The van der Waals surface area contributed by atoms with Gasteiger partial charge in [-0.2, -0.15) is 0 Å². The SMILES string of the molecule is C=CCNC(=O)c1ccccc1NC(=O)c1cn(C2CCNCC2)nn1. The zero-order chi connectivity index (χ0) is 18.4. The second-order valence-electron chi connectivity index (χ2n) is 6.06. The van der Waals surface area contributed by atoms with Crippen LogP contribution in [0, 0.1) is 0 Å². The molecule has 0 atom stereocenters. The number of benzene rings is 1. The van der Waals surface area contributed by atoms with E-state index in [2.05, 4.69) is 32.8 Å². The van der Waals surface area contributed by atoms with Crippen LogP contribution in [0.2, 0.25) is 0 Å². The molecular weight excluding hydrogens is 332 g/mol. The molecule has 0 saturated carbocycles. The van der Waals surface area contributed by atoms with Gasteiger partial charge in [-0.1, -0.05) is 23.4 Å².